The SMILES string of the molecule is CNCc1cc(S(=O)(=O)NCCCCOC)ccc1Cl. The van der Waals surface area contributed by atoms with E-state index in [0.717, 1.165) is 18.4 Å². The Morgan fingerprint density at radius 2 is 2.05 bits per heavy atom. The van der Waals surface area contributed by atoms with Crippen molar-refractivity contribution in [2.75, 3.05) is 27.3 Å². The van der Waals surface area contributed by atoms with Gasteiger partial charge in [-0.25, -0.2) is 13.1 Å². The third kappa shape index (κ3) is 5.38. The maximum atomic E-state index is 12.1. The molecule has 0 aliphatic carbocycles. The van der Waals surface area contributed by atoms with Gasteiger partial charge in [0.2, 0.25) is 10.0 Å². The van der Waals surface area contributed by atoms with Crippen molar-refractivity contribution >= 4 is 21.6 Å². The van der Waals surface area contributed by atoms with Gasteiger partial charge in [-0.3, -0.25) is 0 Å². The van der Waals surface area contributed by atoms with Crippen molar-refractivity contribution in [2.24, 2.45) is 0 Å². The van der Waals surface area contributed by atoms with E-state index >= 15 is 0 Å². The van der Waals surface area contributed by atoms with Crippen LogP contribution < -0.4 is 10.0 Å². The highest BCUT2D eigenvalue weighted by atomic mass is 35.5. The van der Waals surface area contributed by atoms with Crippen molar-refractivity contribution in [2.45, 2.75) is 24.3 Å². The predicted octanol–water partition coefficient (Wildman–Crippen LogP) is 1.76. The van der Waals surface area contributed by atoms with Gasteiger partial charge < -0.3 is 10.1 Å². The average Bonchev–Trinajstić information content (AvgIpc) is 2.41. The Morgan fingerprint density at radius 3 is 2.70 bits per heavy atom. The molecule has 0 radical (unpaired) electrons. The zero-order valence-corrected chi connectivity index (χ0v) is 13.4. The van der Waals surface area contributed by atoms with E-state index in [1.165, 1.54) is 6.07 Å². The van der Waals surface area contributed by atoms with E-state index in [4.69, 9.17) is 16.3 Å². The Morgan fingerprint density at radius 1 is 1.30 bits per heavy atom. The van der Waals surface area contributed by atoms with E-state index in [1.54, 1.807) is 26.3 Å². The first-order valence-electron chi connectivity index (χ1n) is 6.43. The maximum absolute atomic E-state index is 12.1. The summed E-state index contributed by atoms with van der Waals surface area (Å²) >= 11 is 6.02. The lowest BCUT2D eigenvalue weighted by atomic mass is 10.2. The quantitative estimate of drug-likeness (QED) is 0.680. The van der Waals surface area contributed by atoms with Crippen molar-refractivity contribution in [3.63, 3.8) is 0 Å². The second-order valence-corrected chi connectivity index (χ2v) is 6.56. The molecule has 0 saturated carbocycles. The summed E-state index contributed by atoms with van der Waals surface area (Å²) in [6.45, 7) is 1.56. The molecule has 0 amide bonds. The van der Waals surface area contributed by atoms with Gasteiger partial charge in [0, 0.05) is 31.8 Å². The Hall–Kier alpha value is -0.660. The van der Waals surface area contributed by atoms with Crippen molar-refractivity contribution in [1.82, 2.24) is 10.0 Å². The third-order valence-corrected chi connectivity index (χ3v) is 4.59. The Labute approximate surface area is 125 Å². The minimum absolute atomic E-state index is 0.235. The molecule has 2 N–H and O–H groups in total. The fourth-order valence-electron chi connectivity index (χ4n) is 1.71. The number of nitrogens with one attached hydrogen (secondary N) is 2. The summed E-state index contributed by atoms with van der Waals surface area (Å²) < 4.78 is 31.7. The Balaban J connectivity index is 2.69. The van der Waals surface area contributed by atoms with Crippen LogP contribution in [0, 0.1) is 0 Å². The summed E-state index contributed by atoms with van der Waals surface area (Å²) in [6.07, 6.45) is 1.56. The summed E-state index contributed by atoms with van der Waals surface area (Å²) in [7, 11) is -0.0728. The fraction of sp³-hybridized carbons (Fsp3) is 0.538. The lowest BCUT2D eigenvalue weighted by Crippen LogP contribution is -2.25. The minimum Gasteiger partial charge on any atom is -0.385 e. The second-order valence-electron chi connectivity index (χ2n) is 4.38. The van der Waals surface area contributed by atoms with Crippen molar-refractivity contribution in [3.8, 4) is 0 Å². The van der Waals surface area contributed by atoms with Crippen LogP contribution >= 0.6 is 11.6 Å². The molecule has 0 unspecified atom stereocenters. The van der Waals surface area contributed by atoms with Crippen LogP contribution in [0.2, 0.25) is 5.02 Å². The van der Waals surface area contributed by atoms with E-state index in [0.29, 0.717) is 24.7 Å². The highest BCUT2D eigenvalue weighted by Crippen LogP contribution is 2.20. The molecule has 5 nitrogen and oxygen atoms in total. The monoisotopic (exact) mass is 320 g/mol. The summed E-state index contributed by atoms with van der Waals surface area (Å²) in [5.41, 5.74) is 0.761. The molecule has 1 aromatic rings. The molecule has 0 atom stereocenters. The maximum Gasteiger partial charge on any atom is 0.240 e. The van der Waals surface area contributed by atoms with Crippen LogP contribution in [-0.2, 0) is 21.3 Å². The highest BCUT2D eigenvalue weighted by Gasteiger charge is 2.14. The molecule has 20 heavy (non-hydrogen) atoms. The smallest absolute Gasteiger partial charge is 0.240 e. The van der Waals surface area contributed by atoms with Crippen molar-refractivity contribution in [1.29, 1.82) is 0 Å². The fourth-order valence-corrected chi connectivity index (χ4v) is 3.01. The zero-order valence-electron chi connectivity index (χ0n) is 11.8. The number of rotatable bonds is 9. The molecule has 114 valence electrons. The molecule has 0 aliphatic heterocycles. The topological polar surface area (TPSA) is 67.4 Å². The molecule has 0 fully saturated rings. The van der Waals surface area contributed by atoms with Crippen molar-refractivity contribution in [3.05, 3.63) is 28.8 Å². The van der Waals surface area contributed by atoms with E-state index in [1.807, 2.05) is 0 Å². The number of sulfonamides is 1. The number of benzene rings is 1. The zero-order chi connectivity index (χ0) is 15.0. The second kappa shape index (κ2) is 8.59. The molecule has 0 heterocycles. The number of ether oxygens (including phenoxy) is 1. The van der Waals surface area contributed by atoms with Gasteiger partial charge in [0.15, 0.2) is 0 Å². The Kier molecular flexibility index (Phi) is 7.47. The van der Waals surface area contributed by atoms with Crippen LogP contribution in [0.25, 0.3) is 0 Å². The number of halogens is 1. The summed E-state index contributed by atoms with van der Waals surface area (Å²) in [6, 6.07) is 4.71. The first-order chi connectivity index (χ1) is 9.51. The molecule has 0 spiro atoms. The molecule has 0 aliphatic rings. The van der Waals surface area contributed by atoms with E-state index < -0.39 is 10.0 Å². The van der Waals surface area contributed by atoms with Gasteiger partial charge in [0.05, 0.1) is 4.90 Å². The number of hydrogen-bond donors (Lipinski definition) is 2. The molecular weight excluding hydrogens is 300 g/mol. The van der Waals surface area contributed by atoms with Crippen LogP contribution in [0.1, 0.15) is 18.4 Å². The molecule has 1 rings (SSSR count). The van der Waals surface area contributed by atoms with Gasteiger partial charge in [-0.15, -0.1) is 0 Å². The summed E-state index contributed by atoms with van der Waals surface area (Å²) in [5.74, 6) is 0. The Bertz CT molecular complexity index is 520. The molecule has 7 heteroatoms. The average molecular weight is 321 g/mol. The van der Waals surface area contributed by atoms with Crippen molar-refractivity contribution < 1.29 is 13.2 Å². The third-order valence-electron chi connectivity index (χ3n) is 2.76. The van der Waals surface area contributed by atoms with Crippen LogP contribution in [0.5, 0.6) is 0 Å². The molecule has 0 aromatic heterocycles. The van der Waals surface area contributed by atoms with Crippen LogP contribution in [0.4, 0.5) is 0 Å². The largest absolute Gasteiger partial charge is 0.385 e. The van der Waals surface area contributed by atoms with Crippen LogP contribution in [0.15, 0.2) is 23.1 Å². The van der Waals surface area contributed by atoms with Crippen LogP contribution in [0.3, 0.4) is 0 Å². The number of hydrogen-bond acceptors (Lipinski definition) is 4. The minimum atomic E-state index is -3.48. The van der Waals surface area contributed by atoms with Gasteiger partial charge in [-0.05, 0) is 43.7 Å². The molecular formula is C13H21ClN2O3S. The summed E-state index contributed by atoms with van der Waals surface area (Å²) in [4.78, 5) is 0.235. The van der Waals surface area contributed by atoms with Gasteiger partial charge in [-0.2, -0.15) is 0 Å². The van der Waals surface area contributed by atoms with Gasteiger partial charge in [-0.1, -0.05) is 11.6 Å². The lowest BCUT2D eigenvalue weighted by Gasteiger charge is -2.09. The van der Waals surface area contributed by atoms with E-state index in [-0.39, 0.29) is 4.90 Å². The number of methoxy groups -OCH3 is 1. The highest BCUT2D eigenvalue weighted by molar-refractivity contribution is 7.89. The standard InChI is InChI=1S/C13H21ClN2O3S/c1-15-10-11-9-12(5-6-13(11)14)20(17,18)16-7-3-4-8-19-2/h5-6,9,15-16H,3-4,7-8,10H2,1-2H3. The first kappa shape index (κ1) is 17.4. The van der Waals surface area contributed by atoms with Crippen LogP contribution in [-0.4, -0.2) is 35.7 Å². The van der Waals surface area contributed by atoms with Gasteiger partial charge in [0.1, 0.15) is 0 Å². The van der Waals surface area contributed by atoms with Gasteiger partial charge >= 0.3 is 0 Å². The molecule has 0 bridgehead atoms. The van der Waals surface area contributed by atoms with E-state index in [9.17, 15) is 8.42 Å². The predicted molar refractivity (Wildman–Crippen MR) is 80.5 cm³/mol. The van der Waals surface area contributed by atoms with E-state index in [2.05, 4.69) is 10.0 Å². The normalized spacial score (nSPS) is 11.8. The summed E-state index contributed by atoms with van der Waals surface area (Å²) in [5, 5.41) is 3.51. The lowest BCUT2D eigenvalue weighted by molar-refractivity contribution is 0.193. The molecule has 0 saturated heterocycles. The molecule has 1 aromatic carbocycles. The van der Waals surface area contributed by atoms with Gasteiger partial charge in [0.25, 0.3) is 0 Å². The number of unbranched alkanes of at least 4 members (excludes halogenated alkanes) is 1. The first-order valence-corrected chi connectivity index (χ1v) is 8.29.